The molecule has 1 N–H and O–H groups in total. The minimum Gasteiger partial charge on any atom is -0.270 e. The van der Waals surface area contributed by atoms with Gasteiger partial charge in [-0.15, -0.1) is 10.2 Å². The van der Waals surface area contributed by atoms with E-state index in [2.05, 4.69) is 32.6 Å². The van der Waals surface area contributed by atoms with Crippen molar-refractivity contribution in [1.82, 2.24) is 35.0 Å². The van der Waals surface area contributed by atoms with Crippen LogP contribution in [0, 0.1) is 0 Å². The first kappa shape index (κ1) is 14.8. The van der Waals surface area contributed by atoms with Gasteiger partial charge in [-0.2, -0.15) is 0 Å². The Bertz CT molecular complexity index is 588. The summed E-state index contributed by atoms with van der Waals surface area (Å²) in [6.45, 7) is 5.64. The van der Waals surface area contributed by atoms with Crippen LogP contribution in [0.2, 0.25) is 0 Å². The largest absolute Gasteiger partial charge is 0.343 e. The van der Waals surface area contributed by atoms with Crippen LogP contribution in [0.3, 0.4) is 0 Å². The van der Waals surface area contributed by atoms with Gasteiger partial charge in [0, 0.05) is 13.1 Å². The summed E-state index contributed by atoms with van der Waals surface area (Å²) in [6, 6.07) is 0. The molecule has 0 unspecified atom stereocenters. The fourth-order valence-corrected chi connectivity index (χ4v) is 2.68. The first-order valence-electron chi connectivity index (χ1n) is 6.79. The number of aryl methyl sites for hydroxylation is 1. The normalized spacial score (nSPS) is 11.1. The third-order valence-corrected chi connectivity index (χ3v) is 3.80. The topological polar surface area (TPSA) is 94.3 Å². The molecular formula is C11H19N7OS. The van der Waals surface area contributed by atoms with Crippen LogP contribution in [0.15, 0.2) is 9.95 Å². The molecule has 0 aliphatic carbocycles. The molecule has 0 saturated heterocycles. The number of H-pyrrole nitrogens is 1. The molecule has 0 aliphatic heterocycles. The first-order chi connectivity index (χ1) is 9.76. The Labute approximate surface area is 121 Å². The van der Waals surface area contributed by atoms with Gasteiger partial charge in [-0.25, -0.2) is 14.6 Å². The maximum atomic E-state index is 11.6. The van der Waals surface area contributed by atoms with Crippen LogP contribution < -0.4 is 5.69 Å². The molecule has 0 fully saturated rings. The molecule has 0 spiro atoms. The standard InChI is InChI=1S/C11H19N7OS/c1-3-5-7-18-9(12-15-16-18)8-20-11-14-13-10(19)17(11)6-4-2/h3-8H2,1-2H3,(H,13,19). The number of unbranched alkanes of at least 4 members (excludes halogenated alkanes) is 1. The van der Waals surface area contributed by atoms with E-state index >= 15 is 0 Å². The molecule has 0 aliphatic rings. The Morgan fingerprint density at radius 2 is 2.10 bits per heavy atom. The number of hydrogen-bond donors (Lipinski definition) is 1. The second-order valence-corrected chi connectivity index (χ2v) is 5.37. The third kappa shape index (κ3) is 3.47. The molecule has 9 heteroatoms. The zero-order valence-electron chi connectivity index (χ0n) is 11.7. The van der Waals surface area contributed by atoms with E-state index in [0.717, 1.165) is 31.6 Å². The summed E-state index contributed by atoms with van der Waals surface area (Å²) in [5.41, 5.74) is -0.167. The van der Waals surface area contributed by atoms with Crippen molar-refractivity contribution in [3.05, 3.63) is 16.3 Å². The smallest absolute Gasteiger partial charge is 0.270 e. The lowest BCUT2D eigenvalue weighted by Crippen LogP contribution is -2.17. The Balaban J connectivity index is 2.02. The number of nitrogens with zero attached hydrogens (tertiary/aromatic N) is 6. The lowest BCUT2D eigenvalue weighted by molar-refractivity contribution is 0.540. The van der Waals surface area contributed by atoms with E-state index in [1.165, 1.54) is 11.8 Å². The van der Waals surface area contributed by atoms with Crippen LogP contribution in [0.4, 0.5) is 0 Å². The molecule has 0 aromatic carbocycles. The van der Waals surface area contributed by atoms with Crippen molar-refractivity contribution >= 4 is 11.8 Å². The van der Waals surface area contributed by atoms with Gasteiger partial charge in [0.15, 0.2) is 11.0 Å². The molecule has 0 amide bonds. The number of thioether (sulfide) groups is 1. The van der Waals surface area contributed by atoms with E-state index in [1.807, 2.05) is 11.6 Å². The summed E-state index contributed by atoms with van der Waals surface area (Å²) in [5.74, 6) is 1.41. The summed E-state index contributed by atoms with van der Waals surface area (Å²) in [6.07, 6.45) is 3.04. The van der Waals surface area contributed by atoms with Crippen molar-refractivity contribution in [1.29, 1.82) is 0 Å². The van der Waals surface area contributed by atoms with Gasteiger partial charge in [0.05, 0.1) is 5.75 Å². The fourth-order valence-electron chi connectivity index (χ4n) is 1.77. The summed E-state index contributed by atoms with van der Waals surface area (Å²) in [7, 11) is 0. The molecule has 0 bridgehead atoms. The molecule has 2 rings (SSSR count). The van der Waals surface area contributed by atoms with Crippen molar-refractivity contribution in [2.75, 3.05) is 0 Å². The maximum absolute atomic E-state index is 11.6. The number of hydrogen-bond acceptors (Lipinski definition) is 6. The summed E-state index contributed by atoms with van der Waals surface area (Å²) in [4.78, 5) is 11.6. The van der Waals surface area contributed by atoms with Gasteiger partial charge in [-0.3, -0.25) is 4.57 Å². The average Bonchev–Trinajstić information content (AvgIpc) is 3.03. The molecule has 2 aromatic rings. The Morgan fingerprint density at radius 1 is 1.25 bits per heavy atom. The molecule has 2 heterocycles. The molecule has 2 aromatic heterocycles. The number of tetrazole rings is 1. The third-order valence-electron chi connectivity index (χ3n) is 2.83. The summed E-state index contributed by atoms with van der Waals surface area (Å²) >= 11 is 1.47. The monoisotopic (exact) mass is 297 g/mol. The molecule has 0 atom stereocenters. The van der Waals surface area contributed by atoms with E-state index < -0.39 is 0 Å². The first-order valence-corrected chi connectivity index (χ1v) is 7.77. The SMILES string of the molecule is CCCCn1nnnc1CSc1n[nH]c(=O)n1CCC. The fraction of sp³-hybridized carbons (Fsp3) is 0.727. The number of rotatable bonds is 8. The van der Waals surface area contributed by atoms with Gasteiger partial charge in [-0.05, 0) is 23.3 Å². The minimum atomic E-state index is -0.167. The van der Waals surface area contributed by atoms with Gasteiger partial charge in [-0.1, -0.05) is 32.0 Å². The zero-order chi connectivity index (χ0) is 14.4. The summed E-state index contributed by atoms with van der Waals surface area (Å²) < 4.78 is 3.45. The lowest BCUT2D eigenvalue weighted by atomic mass is 10.3. The van der Waals surface area contributed by atoms with Crippen molar-refractivity contribution in [2.24, 2.45) is 0 Å². The summed E-state index contributed by atoms with van der Waals surface area (Å²) in [5, 5.41) is 18.9. The van der Waals surface area contributed by atoms with Crippen molar-refractivity contribution < 1.29 is 0 Å². The van der Waals surface area contributed by atoms with Crippen molar-refractivity contribution in [3.8, 4) is 0 Å². The van der Waals surface area contributed by atoms with Crippen molar-refractivity contribution in [2.45, 2.75) is 57.1 Å². The van der Waals surface area contributed by atoms with Gasteiger partial charge in [0.1, 0.15) is 0 Å². The molecule has 8 nitrogen and oxygen atoms in total. The Hall–Kier alpha value is -1.64. The van der Waals surface area contributed by atoms with Crippen LogP contribution in [-0.4, -0.2) is 35.0 Å². The van der Waals surface area contributed by atoms with Gasteiger partial charge < -0.3 is 0 Å². The highest BCUT2D eigenvalue weighted by atomic mass is 32.2. The van der Waals surface area contributed by atoms with Crippen LogP contribution in [0.25, 0.3) is 0 Å². The second-order valence-electron chi connectivity index (χ2n) is 4.42. The molecule has 110 valence electrons. The van der Waals surface area contributed by atoms with Gasteiger partial charge in [0.2, 0.25) is 0 Å². The lowest BCUT2D eigenvalue weighted by Gasteiger charge is -2.04. The number of nitrogens with one attached hydrogen (secondary N) is 1. The highest BCUT2D eigenvalue weighted by Crippen LogP contribution is 2.18. The van der Waals surface area contributed by atoms with Crippen molar-refractivity contribution in [3.63, 3.8) is 0 Å². The van der Waals surface area contributed by atoms with Crippen LogP contribution in [0.5, 0.6) is 0 Å². The van der Waals surface area contributed by atoms with Crippen LogP contribution >= 0.6 is 11.8 Å². The van der Waals surface area contributed by atoms with E-state index in [9.17, 15) is 4.79 Å². The van der Waals surface area contributed by atoms with Crippen LogP contribution in [-0.2, 0) is 18.8 Å². The predicted octanol–water partition coefficient (Wildman–Crippen LogP) is 1.06. The molecule has 0 saturated carbocycles. The van der Waals surface area contributed by atoms with E-state index in [0.29, 0.717) is 17.5 Å². The van der Waals surface area contributed by atoms with Gasteiger partial charge >= 0.3 is 5.69 Å². The molecule has 20 heavy (non-hydrogen) atoms. The zero-order valence-corrected chi connectivity index (χ0v) is 12.6. The van der Waals surface area contributed by atoms with E-state index in [-0.39, 0.29) is 5.69 Å². The average molecular weight is 297 g/mol. The Morgan fingerprint density at radius 3 is 2.85 bits per heavy atom. The Kier molecular flexibility index (Phi) is 5.33. The highest BCUT2D eigenvalue weighted by Gasteiger charge is 2.11. The molecular weight excluding hydrogens is 278 g/mol. The van der Waals surface area contributed by atoms with Crippen LogP contribution in [0.1, 0.15) is 38.9 Å². The molecule has 0 radical (unpaired) electrons. The number of aromatic nitrogens is 7. The predicted molar refractivity (Wildman–Crippen MR) is 75.4 cm³/mol. The number of aromatic amines is 1. The highest BCUT2D eigenvalue weighted by molar-refractivity contribution is 7.98. The van der Waals surface area contributed by atoms with Gasteiger partial charge in [0.25, 0.3) is 0 Å². The van der Waals surface area contributed by atoms with E-state index in [4.69, 9.17) is 0 Å². The second kappa shape index (κ2) is 7.22. The van der Waals surface area contributed by atoms with E-state index in [1.54, 1.807) is 4.57 Å². The minimum absolute atomic E-state index is 0.167. The quantitative estimate of drug-likeness (QED) is 0.732. The maximum Gasteiger partial charge on any atom is 0.343 e.